The molecule has 2 rings (SSSR count). The summed E-state index contributed by atoms with van der Waals surface area (Å²) in [5, 5.41) is 8.55. The highest BCUT2D eigenvalue weighted by molar-refractivity contribution is 7.15. The molecule has 1 unspecified atom stereocenters. The third-order valence-electron chi connectivity index (χ3n) is 3.64. The molecule has 2 heterocycles. The first-order valence-electron chi connectivity index (χ1n) is 7.38. The highest BCUT2D eigenvalue weighted by atomic mass is 32.1. The van der Waals surface area contributed by atoms with E-state index >= 15 is 0 Å². The summed E-state index contributed by atoms with van der Waals surface area (Å²) in [4.78, 5) is 8.43. The lowest BCUT2D eigenvalue weighted by atomic mass is 10.0. The van der Waals surface area contributed by atoms with Crippen LogP contribution in [0.5, 0.6) is 0 Å². The average molecular weight is 307 g/mol. The molecule has 0 aliphatic carbocycles. The Kier molecular flexibility index (Phi) is 5.36. The van der Waals surface area contributed by atoms with E-state index < -0.39 is 0 Å². The van der Waals surface area contributed by atoms with Gasteiger partial charge in [0.05, 0.1) is 11.9 Å². The molecule has 5 nitrogen and oxygen atoms in total. The van der Waals surface area contributed by atoms with Crippen molar-refractivity contribution in [3.05, 3.63) is 28.5 Å². The number of nitrogens with zero attached hydrogens (tertiary/aromatic N) is 4. The third-order valence-corrected chi connectivity index (χ3v) is 4.82. The molecular formula is C15H25N5S. The number of thiazole rings is 1. The molecular weight excluding hydrogens is 282 g/mol. The van der Waals surface area contributed by atoms with E-state index in [1.165, 1.54) is 16.1 Å². The van der Waals surface area contributed by atoms with E-state index in [1.807, 2.05) is 31.2 Å². The number of hydrogen-bond acceptors (Lipinski definition) is 5. The summed E-state index contributed by atoms with van der Waals surface area (Å²) in [7, 11) is 6.02. The monoisotopic (exact) mass is 307 g/mol. The lowest BCUT2D eigenvalue weighted by Crippen LogP contribution is -2.15. The first-order chi connectivity index (χ1) is 10.0. The fourth-order valence-corrected chi connectivity index (χ4v) is 3.43. The van der Waals surface area contributed by atoms with Crippen LogP contribution in [0.3, 0.4) is 0 Å². The number of aromatic nitrogens is 3. The number of hydrogen-bond donors (Lipinski definition) is 1. The van der Waals surface area contributed by atoms with Crippen molar-refractivity contribution in [2.24, 2.45) is 7.05 Å². The van der Waals surface area contributed by atoms with Gasteiger partial charge in [0.15, 0.2) is 5.13 Å². The Balaban J connectivity index is 2.18. The summed E-state index contributed by atoms with van der Waals surface area (Å²) in [5.74, 6) is 0.505. The van der Waals surface area contributed by atoms with Crippen LogP contribution in [0.2, 0.25) is 0 Å². The molecule has 6 heteroatoms. The molecule has 1 N–H and O–H groups in total. The highest BCUT2D eigenvalue weighted by Crippen LogP contribution is 2.32. The Bertz CT molecular complexity index is 574. The normalized spacial score (nSPS) is 12.6. The van der Waals surface area contributed by atoms with Gasteiger partial charge in [-0.15, -0.1) is 11.3 Å². The molecule has 0 aliphatic rings. The van der Waals surface area contributed by atoms with Crippen molar-refractivity contribution in [1.29, 1.82) is 0 Å². The molecule has 0 radical (unpaired) electrons. The average Bonchev–Trinajstić information content (AvgIpc) is 3.05. The Hall–Kier alpha value is -1.40. The number of aryl methyl sites for hydroxylation is 1. The predicted molar refractivity (Wildman–Crippen MR) is 88.9 cm³/mol. The number of anilines is 1. The van der Waals surface area contributed by atoms with Crippen molar-refractivity contribution in [3.63, 3.8) is 0 Å². The summed E-state index contributed by atoms with van der Waals surface area (Å²) in [5.41, 5.74) is 2.44. The molecule has 0 aromatic carbocycles. The topological polar surface area (TPSA) is 46.0 Å². The molecule has 1 atom stereocenters. The minimum absolute atomic E-state index is 0.505. The van der Waals surface area contributed by atoms with Crippen molar-refractivity contribution in [1.82, 2.24) is 20.1 Å². The predicted octanol–water partition coefficient (Wildman–Crippen LogP) is 2.75. The second-order valence-corrected chi connectivity index (χ2v) is 6.58. The molecule has 2 aromatic rings. The van der Waals surface area contributed by atoms with Gasteiger partial charge in [0, 0.05) is 43.8 Å². The van der Waals surface area contributed by atoms with Crippen LogP contribution < -0.4 is 10.2 Å². The molecule has 2 aromatic heterocycles. The maximum absolute atomic E-state index is 4.88. The summed E-state index contributed by atoms with van der Waals surface area (Å²) < 4.78 is 1.84. The van der Waals surface area contributed by atoms with Crippen molar-refractivity contribution < 1.29 is 0 Å². The number of rotatable bonds is 7. The van der Waals surface area contributed by atoms with Crippen LogP contribution in [0.15, 0.2) is 12.4 Å². The second kappa shape index (κ2) is 7.04. The van der Waals surface area contributed by atoms with Crippen molar-refractivity contribution in [2.45, 2.75) is 39.3 Å². The van der Waals surface area contributed by atoms with Gasteiger partial charge in [-0.3, -0.25) is 4.68 Å². The van der Waals surface area contributed by atoms with E-state index in [0.29, 0.717) is 5.92 Å². The molecule has 0 bridgehead atoms. The molecule has 0 saturated carbocycles. The Morgan fingerprint density at radius 2 is 2.24 bits per heavy atom. The molecule has 0 saturated heterocycles. The van der Waals surface area contributed by atoms with Crippen LogP contribution in [-0.2, 0) is 20.1 Å². The zero-order valence-electron chi connectivity index (χ0n) is 13.6. The van der Waals surface area contributed by atoms with E-state index in [4.69, 9.17) is 4.98 Å². The van der Waals surface area contributed by atoms with Gasteiger partial charge in [0.2, 0.25) is 0 Å². The van der Waals surface area contributed by atoms with Gasteiger partial charge in [0.1, 0.15) is 0 Å². The molecule has 21 heavy (non-hydrogen) atoms. The van der Waals surface area contributed by atoms with Gasteiger partial charge >= 0.3 is 0 Å². The lowest BCUT2D eigenvalue weighted by molar-refractivity contribution is 0.692. The zero-order valence-corrected chi connectivity index (χ0v) is 14.4. The fourth-order valence-electron chi connectivity index (χ4n) is 2.27. The third kappa shape index (κ3) is 3.83. The van der Waals surface area contributed by atoms with E-state index in [9.17, 15) is 0 Å². The van der Waals surface area contributed by atoms with Crippen LogP contribution >= 0.6 is 11.3 Å². The van der Waals surface area contributed by atoms with Crippen LogP contribution in [0.25, 0.3) is 0 Å². The summed E-state index contributed by atoms with van der Waals surface area (Å²) in [6, 6.07) is 0. The lowest BCUT2D eigenvalue weighted by Gasteiger charge is -2.14. The van der Waals surface area contributed by atoms with Crippen molar-refractivity contribution >= 4 is 16.5 Å². The summed E-state index contributed by atoms with van der Waals surface area (Å²) >= 11 is 1.79. The number of nitrogens with one attached hydrogen (secondary N) is 1. The Morgan fingerprint density at radius 3 is 2.81 bits per heavy atom. The van der Waals surface area contributed by atoms with Crippen LogP contribution in [0.1, 0.15) is 42.3 Å². The van der Waals surface area contributed by atoms with Gasteiger partial charge < -0.3 is 10.2 Å². The summed E-state index contributed by atoms with van der Waals surface area (Å²) in [6.45, 7) is 6.18. The molecule has 0 fully saturated rings. The first-order valence-corrected chi connectivity index (χ1v) is 8.19. The standard InChI is InChI=1S/C15H25N5S/c1-6-11(2)14-13(8-16-3)21-15(18-14)19(4)9-12-7-17-20(5)10-12/h7,10-11,16H,6,8-9H2,1-5H3. The van der Waals surface area contributed by atoms with Crippen molar-refractivity contribution in [3.8, 4) is 0 Å². The quantitative estimate of drug-likeness (QED) is 0.854. The molecule has 0 amide bonds. The van der Waals surface area contributed by atoms with Crippen molar-refractivity contribution in [2.75, 3.05) is 19.0 Å². The van der Waals surface area contributed by atoms with Gasteiger partial charge in [-0.25, -0.2) is 4.98 Å². The fraction of sp³-hybridized carbons (Fsp3) is 0.600. The maximum atomic E-state index is 4.88. The van der Waals surface area contributed by atoms with E-state index in [1.54, 1.807) is 11.3 Å². The largest absolute Gasteiger partial charge is 0.347 e. The van der Waals surface area contributed by atoms with E-state index in [-0.39, 0.29) is 0 Å². The molecule has 0 aliphatic heterocycles. The van der Waals surface area contributed by atoms with Gasteiger partial charge in [-0.2, -0.15) is 5.10 Å². The Morgan fingerprint density at radius 1 is 1.48 bits per heavy atom. The highest BCUT2D eigenvalue weighted by Gasteiger charge is 2.17. The van der Waals surface area contributed by atoms with E-state index in [0.717, 1.165) is 24.6 Å². The minimum Gasteiger partial charge on any atom is -0.347 e. The van der Waals surface area contributed by atoms with Gasteiger partial charge in [-0.1, -0.05) is 13.8 Å². The molecule has 116 valence electrons. The zero-order chi connectivity index (χ0) is 15.4. The smallest absolute Gasteiger partial charge is 0.185 e. The Labute approximate surface area is 131 Å². The van der Waals surface area contributed by atoms with Crippen LogP contribution in [0.4, 0.5) is 5.13 Å². The first kappa shape index (κ1) is 16.0. The van der Waals surface area contributed by atoms with E-state index in [2.05, 4.69) is 36.2 Å². The molecule has 0 spiro atoms. The second-order valence-electron chi connectivity index (χ2n) is 5.52. The van der Waals surface area contributed by atoms with Crippen LogP contribution in [-0.4, -0.2) is 28.9 Å². The van der Waals surface area contributed by atoms with Gasteiger partial charge in [-0.05, 0) is 19.4 Å². The summed E-state index contributed by atoms with van der Waals surface area (Å²) in [6.07, 6.45) is 5.08. The maximum Gasteiger partial charge on any atom is 0.185 e. The van der Waals surface area contributed by atoms with Crippen LogP contribution in [0, 0.1) is 0 Å². The SMILES string of the molecule is CCC(C)c1nc(N(C)Cc2cnn(C)c2)sc1CNC. The van der Waals surface area contributed by atoms with Gasteiger partial charge in [0.25, 0.3) is 0 Å². The minimum atomic E-state index is 0.505.